The topological polar surface area (TPSA) is 39.9 Å². The normalized spacial score (nSPS) is 21.1. The van der Waals surface area contributed by atoms with Crippen LogP contribution in [0.4, 0.5) is 17.6 Å². The number of hydrogen-bond donors (Lipinski definition) is 0. The number of fused-ring (bicyclic) bond motifs is 1. The highest BCUT2D eigenvalue weighted by atomic mass is 19.3. The highest BCUT2D eigenvalue weighted by molar-refractivity contribution is 5.54. The van der Waals surface area contributed by atoms with E-state index in [4.69, 9.17) is 0 Å². The molecule has 1 atom stereocenters. The molecule has 0 spiro atoms. The Bertz CT molecular complexity index is 659. The number of aryl methyl sites for hydroxylation is 1. The van der Waals surface area contributed by atoms with Crippen LogP contribution in [0.15, 0.2) is 24.4 Å². The molecule has 0 fully saturated rings. The van der Waals surface area contributed by atoms with Crippen molar-refractivity contribution in [3.63, 3.8) is 0 Å². The molecule has 1 aliphatic heterocycles. The number of pyridine rings is 1. The van der Waals surface area contributed by atoms with Crippen molar-refractivity contribution >= 4 is 0 Å². The Morgan fingerprint density at radius 1 is 1.32 bits per heavy atom. The fourth-order valence-electron chi connectivity index (χ4n) is 2.48. The quantitative estimate of drug-likeness (QED) is 0.814. The molecular formula is C14H13F4N3O. The maximum absolute atomic E-state index is 14.5. The maximum atomic E-state index is 14.5. The van der Waals surface area contributed by atoms with E-state index in [0.29, 0.717) is 17.8 Å². The van der Waals surface area contributed by atoms with Gasteiger partial charge in [0.2, 0.25) is 0 Å². The number of rotatable bonds is 4. The standard InChI is InChI=1S/C14H13F4N3O/c15-9-1-2-11(19-6-9)12-5-10-3-4-14(18,7-21(10)20-12)8-22-13(16)17/h1-2,5-6,13H,3-4,7-8H2. The van der Waals surface area contributed by atoms with E-state index in [-0.39, 0.29) is 13.0 Å². The van der Waals surface area contributed by atoms with E-state index >= 15 is 0 Å². The molecule has 0 saturated carbocycles. The summed E-state index contributed by atoms with van der Waals surface area (Å²) >= 11 is 0. The highest BCUT2D eigenvalue weighted by Gasteiger charge is 2.36. The van der Waals surface area contributed by atoms with Crippen LogP contribution in [0.25, 0.3) is 11.4 Å². The molecular weight excluding hydrogens is 302 g/mol. The van der Waals surface area contributed by atoms with Gasteiger partial charge in [0.1, 0.15) is 11.5 Å². The monoisotopic (exact) mass is 315 g/mol. The molecule has 22 heavy (non-hydrogen) atoms. The summed E-state index contributed by atoms with van der Waals surface area (Å²) in [6.07, 6.45) is 1.52. The first-order chi connectivity index (χ1) is 10.5. The second kappa shape index (κ2) is 5.68. The summed E-state index contributed by atoms with van der Waals surface area (Å²) in [4.78, 5) is 3.92. The first kappa shape index (κ1) is 15.0. The molecule has 2 aromatic rings. The fraction of sp³-hybridized carbons (Fsp3) is 0.429. The average molecular weight is 315 g/mol. The van der Waals surface area contributed by atoms with Gasteiger partial charge in [-0.1, -0.05) is 0 Å². The van der Waals surface area contributed by atoms with E-state index in [2.05, 4.69) is 14.8 Å². The van der Waals surface area contributed by atoms with Crippen molar-refractivity contribution in [3.8, 4) is 11.4 Å². The zero-order valence-corrected chi connectivity index (χ0v) is 11.5. The van der Waals surface area contributed by atoms with E-state index in [1.165, 1.54) is 16.8 Å². The van der Waals surface area contributed by atoms with Crippen molar-refractivity contribution in [2.75, 3.05) is 6.61 Å². The average Bonchev–Trinajstić information content (AvgIpc) is 2.89. The van der Waals surface area contributed by atoms with Crippen LogP contribution in [0.5, 0.6) is 0 Å². The molecule has 0 bridgehead atoms. The number of halogens is 4. The van der Waals surface area contributed by atoms with Gasteiger partial charge in [-0.05, 0) is 31.0 Å². The molecule has 2 aromatic heterocycles. The Morgan fingerprint density at radius 3 is 2.82 bits per heavy atom. The second-order valence-electron chi connectivity index (χ2n) is 5.26. The van der Waals surface area contributed by atoms with E-state index in [9.17, 15) is 17.6 Å². The van der Waals surface area contributed by atoms with Crippen molar-refractivity contribution in [2.45, 2.75) is 31.7 Å². The summed E-state index contributed by atoms with van der Waals surface area (Å²) < 4.78 is 57.0. The molecule has 0 saturated heterocycles. The summed E-state index contributed by atoms with van der Waals surface area (Å²) in [6, 6.07) is 4.48. The largest absolute Gasteiger partial charge is 0.345 e. The lowest BCUT2D eigenvalue weighted by Crippen LogP contribution is -2.40. The Hall–Kier alpha value is -1.96. The molecule has 118 valence electrons. The summed E-state index contributed by atoms with van der Waals surface area (Å²) in [5, 5.41) is 4.22. The summed E-state index contributed by atoms with van der Waals surface area (Å²) in [5.74, 6) is -0.459. The zero-order valence-electron chi connectivity index (χ0n) is 11.5. The third-order valence-electron chi connectivity index (χ3n) is 3.58. The van der Waals surface area contributed by atoms with Crippen molar-refractivity contribution in [3.05, 3.63) is 35.9 Å². The molecule has 4 nitrogen and oxygen atoms in total. The predicted molar refractivity (Wildman–Crippen MR) is 69.5 cm³/mol. The van der Waals surface area contributed by atoms with Gasteiger partial charge in [0.25, 0.3) is 0 Å². The Morgan fingerprint density at radius 2 is 2.14 bits per heavy atom. The molecule has 0 aliphatic carbocycles. The lowest BCUT2D eigenvalue weighted by molar-refractivity contribution is -0.160. The molecule has 3 rings (SSSR count). The number of hydrogen-bond acceptors (Lipinski definition) is 3. The van der Waals surface area contributed by atoms with Gasteiger partial charge in [0, 0.05) is 5.69 Å². The van der Waals surface area contributed by atoms with Crippen molar-refractivity contribution < 1.29 is 22.3 Å². The molecule has 0 N–H and O–H groups in total. The van der Waals surface area contributed by atoms with Crippen molar-refractivity contribution in [1.29, 1.82) is 0 Å². The van der Waals surface area contributed by atoms with E-state index < -0.39 is 24.7 Å². The maximum Gasteiger partial charge on any atom is 0.345 e. The number of ether oxygens (including phenoxy) is 1. The van der Waals surface area contributed by atoms with Gasteiger partial charge in [0.15, 0.2) is 5.67 Å². The van der Waals surface area contributed by atoms with Crippen LogP contribution < -0.4 is 0 Å². The van der Waals surface area contributed by atoms with Gasteiger partial charge in [-0.25, -0.2) is 8.78 Å². The van der Waals surface area contributed by atoms with Crippen LogP contribution in [-0.2, 0) is 17.7 Å². The lowest BCUT2D eigenvalue weighted by atomic mass is 9.96. The third-order valence-corrected chi connectivity index (χ3v) is 3.58. The predicted octanol–water partition coefficient (Wildman–Crippen LogP) is 2.98. The summed E-state index contributed by atoms with van der Waals surface area (Å²) in [6.45, 7) is -3.82. The molecule has 0 radical (unpaired) electrons. The van der Waals surface area contributed by atoms with Gasteiger partial charge >= 0.3 is 6.61 Å². The van der Waals surface area contributed by atoms with Crippen molar-refractivity contribution in [1.82, 2.24) is 14.8 Å². The van der Waals surface area contributed by atoms with Gasteiger partial charge in [-0.15, -0.1) is 0 Å². The minimum atomic E-state index is -2.99. The van der Waals surface area contributed by atoms with Crippen LogP contribution in [0, 0.1) is 5.82 Å². The molecule has 1 unspecified atom stereocenters. The zero-order chi connectivity index (χ0) is 15.7. The Kier molecular flexibility index (Phi) is 3.86. The van der Waals surface area contributed by atoms with Crippen LogP contribution in [-0.4, -0.2) is 33.7 Å². The van der Waals surface area contributed by atoms with Gasteiger partial charge < -0.3 is 4.74 Å². The lowest BCUT2D eigenvalue weighted by Gasteiger charge is -2.29. The molecule has 8 heteroatoms. The molecule has 3 heterocycles. The number of nitrogens with zero attached hydrogens (tertiary/aromatic N) is 3. The summed E-state index contributed by atoms with van der Waals surface area (Å²) in [7, 11) is 0. The van der Waals surface area contributed by atoms with Crippen molar-refractivity contribution in [2.24, 2.45) is 0 Å². The van der Waals surface area contributed by atoms with Crippen LogP contribution in [0.3, 0.4) is 0 Å². The van der Waals surface area contributed by atoms with Gasteiger partial charge in [-0.2, -0.15) is 13.9 Å². The molecule has 0 amide bonds. The second-order valence-corrected chi connectivity index (χ2v) is 5.26. The first-order valence-electron chi connectivity index (χ1n) is 6.72. The number of aromatic nitrogens is 3. The number of alkyl halides is 3. The molecule has 0 aromatic carbocycles. The molecule has 1 aliphatic rings. The third kappa shape index (κ3) is 3.11. The first-order valence-corrected chi connectivity index (χ1v) is 6.72. The van der Waals surface area contributed by atoms with Crippen LogP contribution in [0.2, 0.25) is 0 Å². The summed E-state index contributed by atoms with van der Waals surface area (Å²) in [5.41, 5.74) is -0.125. The SMILES string of the molecule is Fc1ccc(-c2cc3n(n2)CC(F)(COC(F)F)CC3)nc1. The van der Waals surface area contributed by atoms with Gasteiger partial charge in [-0.3, -0.25) is 9.67 Å². The van der Waals surface area contributed by atoms with Gasteiger partial charge in [0.05, 0.1) is 25.0 Å². The van der Waals surface area contributed by atoms with Crippen LogP contribution >= 0.6 is 0 Å². The highest BCUT2D eigenvalue weighted by Crippen LogP contribution is 2.30. The Balaban J connectivity index is 1.79. The fourth-order valence-corrected chi connectivity index (χ4v) is 2.48. The van der Waals surface area contributed by atoms with Crippen LogP contribution in [0.1, 0.15) is 12.1 Å². The van der Waals surface area contributed by atoms with E-state index in [1.54, 1.807) is 6.07 Å². The Labute approximate surface area is 123 Å². The smallest absolute Gasteiger partial charge is 0.320 e. The van der Waals surface area contributed by atoms with E-state index in [0.717, 1.165) is 11.9 Å². The minimum Gasteiger partial charge on any atom is -0.320 e. The van der Waals surface area contributed by atoms with E-state index in [1.807, 2.05) is 0 Å². The minimum absolute atomic E-state index is 0.0850.